The summed E-state index contributed by atoms with van der Waals surface area (Å²) in [6.07, 6.45) is 3.81. The van der Waals surface area contributed by atoms with Gasteiger partial charge in [-0.05, 0) is 71.5 Å². The fourth-order valence-electron chi connectivity index (χ4n) is 2.17. The smallest absolute Gasteiger partial charge is 0.338 e. The van der Waals surface area contributed by atoms with Crippen LogP contribution in [0.5, 0.6) is 0 Å². The maximum atomic E-state index is 11.6. The first-order valence-corrected chi connectivity index (χ1v) is 6.59. The molecule has 86 valence electrons. The first-order chi connectivity index (χ1) is 7.63. The SMILES string of the molecule is COC(=O)c1cc(I)cc(C2CCC2)c1C. The Labute approximate surface area is 110 Å². The normalized spacial score (nSPS) is 15.7. The molecule has 1 aliphatic rings. The van der Waals surface area contributed by atoms with Gasteiger partial charge in [0.15, 0.2) is 0 Å². The summed E-state index contributed by atoms with van der Waals surface area (Å²) >= 11 is 2.26. The average molecular weight is 330 g/mol. The van der Waals surface area contributed by atoms with Crippen molar-refractivity contribution in [2.75, 3.05) is 7.11 Å². The van der Waals surface area contributed by atoms with E-state index in [1.54, 1.807) is 0 Å². The molecule has 1 fully saturated rings. The van der Waals surface area contributed by atoms with Gasteiger partial charge in [-0.25, -0.2) is 4.79 Å². The highest BCUT2D eigenvalue weighted by Crippen LogP contribution is 2.39. The standard InChI is InChI=1S/C13H15IO2/c1-8-11(9-4-3-5-9)6-10(14)7-12(8)13(15)16-2/h6-7,9H,3-5H2,1-2H3. The summed E-state index contributed by atoms with van der Waals surface area (Å²) in [5, 5.41) is 0. The fourth-order valence-corrected chi connectivity index (χ4v) is 2.81. The molecule has 0 atom stereocenters. The summed E-state index contributed by atoms with van der Waals surface area (Å²) in [4.78, 5) is 11.6. The molecule has 1 aromatic rings. The molecule has 2 nitrogen and oxygen atoms in total. The molecule has 0 saturated heterocycles. The van der Waals surface area contributed by atoms with E-state index in [4.69, 9.17) is 4.74 Å². The lowest BCUT2D eigenvalue weighted by molar-refractivity contribution is 0.0599. The monoisotopic (exact) mass is 330 g/mol. The Morgan fingerprint density at radius 3 is 2.62 bits per heavy atom. The van der Waals surface area contributed by atoms with Gasteiger partial charge in [-0.3, -0.25) is 0 Å². The van der Waals surface area contributed by atoms with Crippen molar-refractivity contribution in [2.24, 2.45) is 0 Å². The van der Waals surface area contributed by atoms with Gasteiger partial charge < -0.3 is 4.74 Å². The minimum absolute atomic E-state index is 0.225. The zero-order valence-corrected chi connectivity index (χ0v) is 11.7. The molecule has 1 aliphatic carbocycles. The van der Waals surface area contributed by atoms with Crippen LogP contribution >= 0.6 is 22.6 Å². The maximum absolute atomic E-state index is 11.6. The Balaban J connectivity index is 2.45. The summed E-state index contributed by atoms with van der Waals surface area (Å²) in [5.74, 6) is 0.426. The summed E-state index contributed by atoms with van der Waals surface area (Å²) in [6.45, 7) is 2.02. The third-order valence-electron chi connectivity index (χ3n) is 3.36. The Morgan fingerprint density at radius 2 is 2.12 bits per heavy atom. The number of benzene rings is 1. The van der Waals surface area contributed by atoms with Crippen molar-refractivity contribution in [1.82, 2.24) is 0 Å². The molecule has 0 aromatic heterocycles. The van der Waals surface area contributed by atoms with Crippen LogP contribution in [0.4, 0.5) is 0 Å². The number of carbonyl (C=O) groups excluding carboxylic acids is 1. The van der Waals surface area contributed by atoms with Gasteiger partial charge in [-0.2, -0.15) is 0 Å². The van der Waals surface area contributed by atoms with Gasteiger partial charge >= 0.3 is 5.97 Å². The van der Waals surface area contributed by atoms with E-state index in [-0.39, 0.29) is 5.97 Å². The van der Waals surface area contributed by atoms with E-state index in [1.165, 1.54) is 31.9 Å². The van der Waals surface area contributed by atoms with Crippen molar-refractivity contribution in [3.05, 3.63) is 32.4 Å². The van der Waals surface area contributed by atoms with Crippen LogP contribution in [-0.4, -0.2) is 13.1 Å². The molecule has 3 heteroatoms. The van der Waals surface area contributed by atoms with Gasteiger partial charge in [0.2, 0.25) is 0 Å². The van der Waals surface area contributed by atoms with Crippen LogP contribution in [0.2, 0.25) is 0 Å². The van der Waals surface area contributed by atoms with E-state index in [0.29, 0.717) is 5.92 Å². The Bertz CT molecular complexity index is 422. The lowest BCUT2D eigenvalue weighted by Gasteiger charge is -2.28. The molecule has 0 aliphatic heterocycles. The second-order valence-corrected chi connectivity index (χ2v) is 5.53. The van der Waals surface area contributed by atoms with Crippen LogP contribution in [0.1, 0.15) is 46.7 Å². The third kappa shape index (κ3) is 2.10. The van der Waals surface area contributed by atoms with Crippen LogP contribution in [-0.2, 0) is 4.74 Å². The van der Waals surface area contributed by atoms with E-state index >= 15 is 0 Å². The Hall–Kier alpha value is -0.580. The van der Waals surface area contributed by atoms with Crippen LogP contribution in [0.25, 0.3) is 0 Å². The second-order valence-electron chi connectivity index (χ2n) is 4.29. The van der Waals surface area contributed by atoms with Crippen LogP contribution in [0.15, 0.2) is 12.1 Å². The molecule has 0 N–H and O–H groups in total. The fraction of sp³-hybridized carbons (Fsp3) is 0.462. The van der Waals surface area contributed by atoms with E-state index in [0.717, 1.165) is 14.7 Å². The summed E-state index contributed by atoms with van der Waals surface area (Å²) < 4.78 is 5.93. The molecule has 16 heavy (non-hydrogen) atoms. The minimum atomic E-state index is -0.225. The summed E-state index contributed by atoms with van der Waals surface area (Å²) in [7, 11) is 1.44. The Morgan fingerprint density at radius 1 is 1.44 bits per heavy atom. The molecule has 0 unspecified atom stereocenters. The number of hydrogen-bond acceptors (Lipinski definition) is 2. The van der Waals surface area contributed by atoms with Crippen LogP contribution in [0.3, 0.4) is 0 Å². The lowest BCUT2D eigenvalue weighted by Crippen LogP contribution is -2.14. The highest BCUT2D eigenvalue weighted by atomic mass is 127. The molecule has 0 heterocycles. The molecule has 1 aromatic carbocycles. The predicted molar refractivity (Wildman–Crippen MR) is 71.8 cm³/mol. The van der Waals surface area contributed by atoms with Crippen molar-refractivity contribution >= 4 is 28.6 Å². The van der Waals surface area contributed by atoms with E-state index in [1.807, 2.05) is 13.0 Å². The number of ether oxygens (including phenoxy) is 1. The number of rotatable bonds is 2. The second kappa shape index (κ2) is 4.73. The van der Waals surface area contributed by atoms with Gasteiger partial charge in [0.25, 0.3) is 0 Å². The van der Waals surface area contributed by atoms with Gasteiger partial charge in [0.05, 0.1) is 12.7 Å². The third-order valence-corrected chi connectivity index (χ3v) is 3.99. The molecular weight excluding hydrogens is 315 g/mol. The van der Waals surface area contributed by atoms with E-state index < -0.39 is 0 Å². The Kier molecular flexibility index (Phi) is 3.52. The number of halogens is 1. The number of carbonyl (C=O) groups is 1. The minimum Gasteiger partial charge on any atom is -0.465 e. The van der Waals surface area contributed by atoms with E-state index in [2.05, 4.69) is 28.7 Å². The quantitative estimate of drug-likeness (QED) is 0.611. The maximum Gasteiger partial charge on any atom is 0.338 e. The first kappa shape index (κ1) is 11.9. The number of methoxy groups -OCH3 is 1. The number of esters is 1. The molecule has 0 bridgehead atoms. The molecule has 0 amide bonds. The predicted octanol–water partition coefficient (Wildman–Crippen LogP) is 3.65. The van der Waals surface area contributed by atoms with Crippen molar-refractivity contribution in [1.29, 1.82) is 0 Å². The molecular formula is C13H15IO2. The molecule has 2 rings (SSSR count). The van der Waals surface area contributed by atoms with Crippen molar-refractivity contribution in [3.8, 4) is 0 Å². The largest absolute Gasteiger partial charge is 0.465 e. The average Bonchev–Trinajstić information content (AvgIpc) is 2.19. The van der Waals surface area contributed by atoms with Crippen LogP contribution < -0.4 is 0 Å². The highest BCUT2D eigenvalue weighted by Gasteiger charge is 2.24. The van der Waals surface area contributed by atoms with Crippen molar-refractivity contribution in [3.63, 3.8) is 0 Å². The highest BCUT2D eigenvalue weighted by molar-refractivity contribution is 14.1. The van der Waals surface area contributed by atoms with Crippen LogP contribution in [0, 0.1) is 10.5 Å². The zero-order valence-electron chi connectivity index (χ0n) is 9.55. The summed E-state index contributed by atoms with van der Waals surface area (Å²) in [6, 6.07) is 4.11. The molecule has 0 radical (unpaired) electrons. The topological polar surface area (TPSA) is 26.3 Å². The lowest BCUT2D eigenvalue weighted by atomic mass is 9.77. The van der Waals surface area contributed by atoms with Crippen molar-refractivity contribution < 1.29 is 9.53 Å². The van der Waals surface area contributed by atoms with Gasteiger partial charge in [-0.15, -0.1) is 0 Å². The first-order valence-electron chi connectivity index (χ1n) is 5.52. The zero-order chi connectivity index (χ0) is 11.7. The molecule has 0 spiro atoms. The van der Waals surface area contributed by atoms with Crippen molar-refractivity contribution in [2.45, 2.75) is 32.1 Å². The molecule has 1 saturated carbocycles. The number of hydrogen-bond donors (Lipinski definition) is 0. The van der Waals surface area contributed by atoms with Gasteiger partial charge in [-0.1, -0.05) is 6.42 Å². The summed E-state index contributed by atoms with van der Waals surface area (Å²) in [5.41, 5.74) is 3.15. The van der Waals surface area contributed by atoms with Gasteiger partial charge in [0, 0.05) is 3.57 Å². The van der Waals surface area contributed by atoms with E-state index in [9.17, 15) is 4.79 Å². The van der Waals surface area contributed by atoms with Gasteiger partial charge in [0.1, 0.15) is 0 Å².